The van der Waals surface area contributed by atoms with E-state index >= 15 is 0 Å². The van der Waals surface area contributed by atoms with Gasteiger partial charge in [0.15, 0.2) is 0 Å². The van der Waals surface area contributed by atoms with Crippen molar-refractivity contribution in [1.82, 2.24) is 4.98 Å². The van der Waals surface area contributed by atoms with Gasteiger partial charge in [0, 0.05) is 16.0 Å². The zero-order valence-electron chi connectivity index (χ0n) is 15.0. The van der Waals surface area contributed by atoms with E-state index in [0.29, 0.717) is 27.7 Å². The molecule has 0 saturated carbocycles. The third kappa shape index (κ3) is 3.08. The highest BCUT2D eigenvalue weighted by molar-refractivity contribution is 7.21. The molecule has 27 heavy (non-hydrogen) atoms. The van der Waals surface area contributed by atoms with Crippen molar-refractivity contribution in [2.45, 2.75) is 33.1 Å². The number of fused-ring (bicyclic) bond motifs is 2. The van der Waals surface area contributed by atoms with Crippen molar-refractivity contribution in [3.8, 4) is 0 Å². The summed E-state index contributed by atoms with van der Waals surface area (Å²) in [5.74, 6) is -0.701. The number of pyridine rings is 1. The standard InChI is InChI=1S/C19H19N3O3S2/c1-3-25-19(24)13-10-5-4-6-12(10)26-18(13)22-16(23)15-14(20)11-8-7-9(2)21-17(11)27-15/h7-8H,3-6,20H2,1-2H3,(H,22,23). The minimum absolute atomic E-state index is 0.297. The third-order valence-corrected chi connectivity index (χ3v) is 6.89. The van der Waals surface area contributed by atoms with Crippen molar-refractivity contribution in [1.29, 1.82) is 0 Å². The Labute approximate surface area is 164 Å². The normalized spacial score (nSPS) is 13.0. The van der Waals surface area contributed by atoms with Gasteiger partial charge < -0.3 is 15.8 Å². The van der Waals surface area contributed by atoms with Crippen LogP contribution in [-0.4, -0.2) is 23.5 Å². The summed E-state index contributed by atoms with van der Waals surface area (Å²) in [6.45, 7) is 3.97. The summed E-state index contributed by atoms with van der Waals surface area (Å²) in [6.07, 6.45) is 2.79. The zero-order chi connectivity index (χ0) is 19.1. The fraction of sp³-hybridized carbons (Fsp3) is 0.316. The molecule has 0 atom stereocenters. The van der Waals surface area contributed by atoms with Crippen molar-refractivity contribution in [2.75, 3.05) is 17.7 Å². The molecule has 8 heteroatoms. The molecule has 0 saturated heterocycles. The number of nitrogens with two attached hydrogens (primary N) is 1. The fourth-order valence-corrected chi connectivity index (χ4v) is 5.64. The summed E-state index contributed by atoms with van der Waals surface area (Å²) in [5, 5.41) is 4.21. The predicted octanol–water partition coefficient (Wildman–Crippen LogP) is 4.17. The maximum absolute atomic E-state index is 12.9. The van der Waals surface area contributed by atoms with Gasteiger partial charge in [-0.15, -0.1) is 22.7 Å². The van der Waals surface area contributed by atoms with E-state index in [4.69, 9.17) is 10.5 Å². The summed E-state index contributed by atoms with van der Waals surface area (Å²) in [4.78, 5) is 32.1. The molecule has 4 rings (SSSR count). The number of nitrogens with one attached hydrogen (secondary N) is 1. The van der Waals surface area contributed by atoms with Gasteiger partial charge in [-0.1, -0.05) is 0 Å². The third-order valence-electron chi connectivity index (χ3n) is 4.57. The molecule has 1 aliphatic carbocycles. The Bertz CT molecular complexity index is 1070. The Kier molecular flexibility index (Phi) is 4.61. The van der Waals surface area contributed by atoms with E-state index in [0.717, 1.165) is 45.6 Å². The monoisotopic (exact) mass is 401 g/mol. The van der Waals surface area contributed by atoms with Gasteiger partial charge in [-0.3, -0.25) is 4.79 Å². The lowest BCUT2D eigenvalue weighted by atomic mass is 10.1. The molecule has 1 aliphatic rings. The second-order valence-electron chi connectivity index (χ2n) is 6.39. The summed E-state index contributed by atoms with van der Waals surface area (Å²) in [7, 11) is 0. The first-order chi connectivity index (χ1) is 13.0. The summed E-state index contributed by atoms with van der Waals surface area (Å²) in [5.41, 5.74) is 8.98. The van der Waals surface area contributed by atoms with Crippen LogP contribution in [0.1, 0.15) is 49.5 Å². The highest BCUT2D eigenvalue weighted by Gasteiger charge is 2.29. The van der Waals surface area contributed by atoms with Gasteiger partial charge in [0.05, 0.1) is 17.9 Å². The molecule has 3 aromatic rings. The highest BCUT2D eigenvalue weighted by Crippen LogP contribution is 2.40. The number of nitrogens with zero attached hydrogens (tertiary/aromatic N) is 1. The van der Waals surface area contributed by atoms with Crippen LogP contribution in [0, 0.1) is 6.92 Å². The van der Waals surface area contributed by atoms with E-state index in [9.17, 15) is 9.59 Å². The van der Waals surface area contributed by atoms with Crippen molar-refractivity contribution in [3.63, 3.8) is 0 Å². The van der Waals surface area contributed by atoms with E-state index in [1.54, 1.807) is 6.92 Å². The molecular weight excluding hydrogens is 382 g/mol. The first-order valence-electron chi connectivity index (χ1n) is 8.78. The minimum Gasteiger partial charge on any atom is -0.462 e. The van der Waals surface area contributed by atoms with Crippen molar-refractivity contribution in [3.05, 3.63) is 38.7 Å². The number of hydrogen-bond acceptors (Lipinski definition) is 7. The zero-order valence-corrected chi connectivity index (χ0v) is 16.7. The molecular formula is C19H19N3O3S2. The number of carbonyl (C=O) groups is 2. The second kappa shape index (κ2) is 6.94. The number of carbonyl (C=O) groups excluding carboxylic acids is 2. The van der Waals surface area contributed by atoms with Crippen LogP contribution in [0.15, 0.2) is 12.1 Å². The maximum atomic E-state index is 12.9. The fourth-order valence-electron chi connectivity index (χ4n) is 3.33. The van der Waals surface area contributed by atoms with E-state index in [2.05, 4.69) is 10.3 Å². The smallest absolute Gasteiger partial charge is 0.341 e. The molecule has 0 aromatic carbocycles. The van der Waals surface area contributed by atoms with Gasteiger partial charge >= 0.3 is 5.97 Å². The van der Waals surface area contributed by atoms with Crippen LogP contribution in [0.25, 0.3) is 10.2 Å². The molecule has 6 nitrogen and oxygen atoms in total. The largest absolute Gasteiger partial charge is 0.462 e. The number of rotatable bonds is 4. The van der Waals surface area contributed by atoms with E-state index in [1.165, 1.54) is 22.7 Å². The average molecular weight is 402 g/mol. The van der Waals surface area contributed by atoms with E-state index < -0.39 is 0 Å². The molecule has 0 unspecified atom stereocenters. The number of esters is 1. The topological polar surface area (TPSA) is 94.3 Å². The van der Waals surface area contributed by atoms with Gasteiger partial charge in [0.1, 0.15) is 14.7 Å². The Balaban J connectivity index is 1.70. The Morgan fingerprint density at radius 1 is 1.30 bits per heavy atom. The van der Waals surface area contributed by atoms with Crippen LogP contribution in [0.5, 0.6) is 0 Å². The number of aryl methyl sites for hydroxylation is 2. The van der Waals surface area contributed by atoms with Crippen LogP contribution < -0.4 is 11.1 Å². The lowest BCUT2D eigenvalue weighted by molar-refractivity contribution is 0.0527. The quantitative estimate of drug-likeness (QED) is 0.640. The number of ether oxygens (including phenoxy) is 1. The van der Waals surface area contributed by atoms with Gasteiger partial charge in [-0.25, -0.2) is 9.78 Å². The SMILES string of the molecule is CCOC(=O)c1c(NC(=O)c2sc3nc(C)ccc3c2N)sc2c1CCC2. The number of anilines is 2. The molecule has 140 valence electrons. The average Bonchev–Trinajstić information content (AvgIpc) is 3.28. The number of amides is 1. The van der Waals surface area contributed by atoms with Gasteiger partial charge in [-0.2, -0.15) is 0 Å². The molecule has 1 amide bonds. The molecule has 3 aromatic heterocycles. The first kappa shape index (κ1) is 17.9. The highest BCUT2D eigenvalue weighted by atomic mass is 32.1. The van der Waals surface area contributed by atoms with Crippen molar-refractivity contribution >= 4 is 55.5 Å². The number of aromatic nitrogens is 1. The summed E-state index contributed by atoms with van der Waals surface area (Å²) >= 11 is 2.72. The van der Waals surface area contributed by atoms with Crippen LogP contribution in [-0.2, 0) is 17.6 Å². The molecule has 0 radical (unpaired) electrons. The predicted molar refractivity (Wildman–Crippen MR) is 109 cm³/mol. The van der Waals surface area contributed by atoms with Gasteiger partial charge in [-0.05, 0) is 50.8 Å². The first-order valence-corrected chi connectivity index (χ1v) is 10.4. The number of hydrogen-bond donors (Lipinski definition) is 2. The molecule has 0 spiro atoms. The number of nitrogen functional groups attached to an aromatic ring is 1. The van der Waals surface area contributed by atoms with Crippen LogP contribution in [0.4, 0.5) is 10.7 Å². The lowest BCUT2D eigenvalue weighted by Gasteiger charge is -2.07. The minimum atomic E-state index is -0.381. The van der Waals surface area contributed by atoms with E-state index in [-0.39, 0.29) is 11.9 Å². The Hall–Kier alpha value is -2.45. The van der Waals surface area contributed by atoms with Crippen LogP contribution in [0.3, 0.4) is 0 Å². The maximum Gasteiger partial charge on any atom is 0.341 e. The number of thiophene rings is 2. The molecule has 0 aliphatic heterocycles. The van der Waals surface area contributed by atoms with Gasteiger partial charge in [0.2, 0.25) is 0 Å². The second-order valence-corrected chi connectivity index (χ2v) is 8.49. The molecule has 3 heterocycles. The Morgan fingerprint density at radius 3 is 2.89 bits per heavy atom. The van der Waals surface area contributed by atoms with Crippen molar-refractivity contribution < 1.29 is 14.3 Å². The molecule has 0 bridgehead atoms. The lowest BCUT2D eigenvalue weighted by Crippen LogP contribution is -2.15. The summed E-state index contributed by atoms with van der Waals surface area (Å²) < 4.78 is 5.21. The summed E-state index contributed by atoms with van der Waals surface area (Å²) in [6, 6.07) is 3.75. The van der Waals surface area contributed by atoms with Crippen molar-refractivity contribution in [2.24, 2.45) is 0 Å². The Morgan fingerprint density at radius 2 is 2.11 bits per heavy atom. The van der Waals surface area contributed by atoms with E-state index in [1.807, 2.05) is 19.1 Å². The molecule has 0 fully saturated rings. The van der Waals surface area contributed by atoms with Crippen LogP contribution in [0.2, 0.25) is 0 Å². The van der Waals surface area contributed by atoms with Gasteiger partial charge in [0.25, 0.3) is 5.91 Å². The van der Waals surface area contributed by atoms with Crippen LogP contribution >= 0.6 is 22.7 Å². The molecule has 3 N–H and O–H groups in total.